The van der Waals surface area contributed by atoms with Gasteiger partial charge in [0.1, 0.15) is 0 Å². The van der Waals surface area contributed by atoms with Crippen molar-refractivity contribution in [3.63, 3.8) is 0 Å². The lowest BCUT2D eigenvalue weighted by Crippen LogP contribution is -2.45. The zero-order valence-electron chi connectivity index (χ0n) is 12.6. The first-order chi connectivity index (χ1) is 9.00. The molecular weight excluding hydrogens is 232 g/mol. The minimum Gasteiger partial charge on any atom is -0.316 e. The number of fused-ring (bicyclic) bond motifs is 1. The highest BCUT2D eigenvalue weighted by Gasteiger charge is 2.50. The van der Waals surface area contributed by atoms with Crippen LogP contribution < -0.4 is 5.32 Å². The summed E-state index contributed by atoms with van der Waals surface area (Å²) in [6.45, 7) is 13.0. The highest BCUT2D eigenvalue weighted by Crippen LogP contribution is 2.44. The van der Waals surface area contributed by atoms with E-state index in [9.17, 15) is 0 Å². The molecular formula is C17H26N2. The smallest absolute Gasteiger partial charge is 0.0325 e. The quantitative estimate of drug-likeness (QED) is 0.877. The first kappa shape index (κ1) is 13.1. The van der Waals surface area contributed by atoms with Gasteiger partial charge in [0.05, 0.1) is 0 Å². The van der Waals surface area contributed by atoms with Crippen LogP contribution in [0, 0.1) is 18.8 Å². The van der Waals surface area contributed by atoms with E-state index in [4.69, 9.17) is 0 Å². The molecule has 3 unspecified atom stereocenters. The van der Waals surface area contributed by atoms with E-state index in [0.717, 1.165) is 11.8 Å². The Morgan fingerprint density at radius 1 is 1.21 bits per heavy atom. The van der Waals surface area contributed by atoms with E-state index in [0.29, 0.717) is 11.6 Å². The molecule has 0 aromatic heterocycles. The summed E-state index contributed by atoms with van der Waals surface area (Å²) in [6, 6.07) is 9.57. The molecule has 0 saturated carbocycles. The average Bonchev–Trinajstić information content (AvgIpc) is 2.92. The van der Waals surface area contributed by atoms with Crippen LogP contribution in [0.4, 0.5) is 0 Å². The largest absolute Gasteiger partial charge is 0.316 e. The van der Waals surface area contributed by atoms with E-state index in [1.54, 1.807) is 0 Å². The molecule has 3 rings (SSSR count). The molecule has 1 aromatic carbocycles. The van der Waals surface area contributed by atoms with Gasteiger partial charge in [-0.3, -0.25) is 4.90 Å². The van der Waals surface area contributed by atoms with Crippen molar-refractivity contribution < 1.29 is 0 Å². The van der Waals surface area contributed by atoms with Crippen molar-refractivity contribution in [2.45, 2.75) is 39.3 Å². The van der Waals surface area contributed by atoms with Crippen LogP contribution in [-0.4, -0.2) is 30.1 Å². The molecule has 0 amide bonds. The van der Waals surface area contributed by atoms with Crippen LogP contribution in [0.1, 0.15) is 37.9 Å². The van der Waals surface area contributed by atoms with E-state index in [1.807, 2.05) is 0 Å². The fourth-order valence-electron chi connectivity index (χ4n) is 4.13. The van der Waals surface area contributed by atoms with E-state index in [2.05, 4.69) is 62.2 Å². The Morgan fingerprint density at radius 3 is 2.53 bits per heavy atom. The Balaban J connectivity index is 1.84. The normalized spacial score (nSPS) is 31.4. The second-order valence-corrected chi connectivity index (χ2v) is 6.92. The molecule has 2 saturated heterocycles. The van der Waals surface area contributed by atoms with Crippen molar-refractivity contribution in [1.82, 2.24) is 10.2 Å². The van der Waals surface area contributed by atoms with Crippen LogP contribution in [-0.2, 0) is 0 Å². The van der Waals surface area contributed by atoms with Gasteiger partial charge in [-0.15, -0.1) is 0 Å². The second-order valence-electron chi connectivity index (χ2n) is 6.92. The van der Waals surface area contributed by atoms with Gasteiger partial charge in [-0.25, -0.2) is 0 Å². The van der Waals surface area contributed by atoms with E-state index in [-0.39, 0.29) is 0 Å². The maximum Gasteiger partial charge on any atom is 0.0325 e. The first-order valence-electron chi connectivity index (χ1n) is 7.54. The number of hydrogen-bond acceptors (Lipinski definition) is 2. The maximum absolute atomic E-state index is 3.56. The molecule has 0 spiro atoms. The Hall–Kier alpha value is -0.860. The summed E-state index contributed by atoms with van der Waals surface area (Å²) in [4.78, 5) is 2.72. The Morgan fingerprint density at radius 2 is 1.89 bits per heavy atom. The fourth-order valence-corrected chi connectivity index (χ4v) is 4.13. The highest BCUT2D eigenvalue weighted by molar-refractivity contribution is 5.25. The van der Waals surface area contributed by atoms with E-state index >= 15 is 0 Å². The third-order valence-electron chi connectivity index (χ3n) is 5.45. The van der Waals surface area contributed by atoms with E-state index < -0.39 is 0 Å². The number of hydrogen-bond donors (Lipinski definition) is 1. The zero-order chi connectivity index (χ0) is 13.6. The second kappa shape index (κ2) is 4.60. The van der Waals surface area contributed by atoms with Crippen molar-refractivity contribution in [3.05, 3.63) is 35.4 Å². The number of nitrogens with one attached hydrogen (secondary N) is 1. The molecule has 2 fully saturated rings. The van der Waals surface area contributed by atoms with Gasteiger partial charge in [-0.2, -0.15) is 0 Å². The lowest BCUT2D eigenvalue weighted by atomic mass is 9.84. The summed E-state index contributed by atoms with van der Waals surface area (Å²) >= 11 is 0. The van der Waals surface area contributed by atoms with Crippen LogP contribution >= 0.6 is 0 Å². The number of aryl methyl sites for hydroxylation is 1. The molecule has 2 nitrogen and oxygen atoms in total. The van der Waals surface area contributed by atoms with Crippen LogP contribution in [0.25, 0.3) is 0 Å². The molecule has 2 heterocycles. The Labute approximate surface area is 117 Å². The van der Waals surface area contributed by atoms with Gasteiger partial charge >= 0.3 is 0 Å². The lowest BCUT2D eigenvalue weighted by Gasteiger charge is -2.40. The summed E-state index contributed by atoms with van der Waals surface area (Å²) in [5.74, 6) is 1.64. The molecule has 2 heteroatoms. The summed E-state index contributed by atoms with van der Waals surface area (Å²) in [5, 5.41) is 3.56. The molecule has 2 aliphatic heterocycles. The third kappa shape index (κ3) is 2.11. The van der Waals surface area contributed by atoms with Crippen LogP contribution in [0.15, 0.2) is 24.3 Å². The standard InChI is InChI=1S/C17H26N2/c1-12-5-7-14(8-6-12)13(2)19-11-15-9-18-10-16(15)17(19,3)4/h5-8,13,15-16,18H,9-11H2,1-4H3. The molecule has 0 radical (unpaired) electrons. The summed E-state index contributed by atoms with van der Waals surface area (Å²) in [7, 11) is 0. The van der Waals surface area contributed by atoms with Gasteiger partial charge in [-0.05, 0) is 51.6 Å². The molecule has 104 valence electrons. The number of rotatable bonds is 2. The van der Waals surface area contributed by atoms with Crippen molar-refractivity contribution in [1.29, 1.82) is 0 Å². The molecule has 0 bridgehead atoms. The van der Waals surface area contributed by atoms with E-state index in [1.165, 1.54) is 30.8 Å². The van der Waals surface area contributed by atoms with Gasteiger partial charge in [-0.1, -0.05) is 29.8 Å². The third-order valence-corrected chi connectivity index (χ3v) is 5.45. The highest BCUT2D eigenvalue weighted by atomic mass is 15.3. The minimum atomic E-state index is 0.304. The van der Waals surface area contributed by atoms with Crippen LogP contribution in [0.2, 0.25) is 0 Å². The Bertz CT molecular complexity index is 449. The average molecular weight is 258 g/mol. The number of likely N-dealkylation sites (tertiary alicyclic amines) is 1. The van der Waals surface area contributed by atoms with Crippen LogP contribution in [0.5, 0.6) is 0 Å². The van der Waals surface area contributed by atoms with Crippen molar-refractivity contribution in [3.8, 4) is 0 Å². The molecule has 2 aliphatic rings. The molecule has 3 atom stereocenters. The fraction of sp³-hybridized carbons (Fsp3) is 0.647. The zero-order valence-corrected chi connectivity index (χ0v) is 12.6. The Kier molecular flexibility index (Phi) is 3.18. The van der Waals surface area contributed by atoms with Crippen molar-refractivity contribution >= 4 is 0 Å². The summed E-state index contributed by atoms with van der Waals surface area (Å²) < 4.78 is 0. The van der Waals surface area contributed by atoms with Crippen LogP contribution in [0.3, 0.4) is 0 Å². The lowest BCUT2D eigenvalue weighted by molar-refractivity contribution is 0.0970. The predicted molar refractivity (Wildman–Crippen MR) is 80.2 cm³/mol. The van der Waals surface area contributed by atoms with Gasteiger partial charge in [0, 0.05) is 24.7 Å². The summed E-state index contributed by atoms with van der Waals surface area (Å²) in [5.41, 5.74) is 3.10. The number of benzene rings is 1. The number of nitrogens with zero attached hydrogens (tertiary/aromatic N) is 1. The van der Waals surface area contributed by atoms with Crippen molar-refractivity contribution in [2.75, 3.05) is 19.6 Å². The van der Waals surface area contributed by atoms with Gasteiger partial charge in [0.25, 0.3) is 0 Å². The topological polar surface area (TPSA) is 15.3 Å². The van der Waals surface area contributed by atoms with Gasteiger partial charge < -0.3 is 5.32 Å². The minimum absolute atomic E-state index is 0.304. The predicted octanol–water partition coefficient (Wildman–Crippen LogP) is 2.99. The molecule has 1 N–H and O–H groups in total. The molecule has 1 aromatic rings. The first-order valence-corrected chi connectivity index (χ1v) is 7.54. The molecule has 19 heavy (non-hydrogen) atoms. The maximum atomic E-state index is 3.56. The molecule has 0 aliphatic carbocycles. The van der Waals surface area contributed by atoms with Gasteiger partial charge in [0.2, 0.25) is 0 Å². The van der Waals surface area contributed by atoms with Crippen molar-refractivity contribution in [2.24, 2.45) is 11.8 Å². The summed E-state index contributed by atoms with van der Waals surface area (Å²) in [6.07, 6.45) is 0. The SMILES string of the molecule is Cc1ccc(C(C)N2CC3CNCC3C2(C)C)cc1. The monoisotopic (exact) mass is 258 g/mol. The van der Waals surface area contributed by atoms with Gasteiger partial charge in [0.15, 0.2) is 0 Å².